The van der Waals surface area contributed by atoms with Gasteiger partial charge in [-0.1, -0.05) is 30.3 Å². The monoisotopic (exact) mass is 412 g/mol. The number of primary amides is 1. The Kier molecular flexibility index (Phi) is 6.09. The van der Waals surface area contributed by atoms with Crippen LogP contribution in [0.15, 0.2) is 41.8 Å². The number of nitrogens with one attached hydrogen (secondary N) is 1. The third-order valence-corrected chi connectivity index (χ3v) is 4.51. The SMILES string of the molecule is Cc1nnnn1/C(=C\c1ccccc1)C(=O)OCC(=O)Nc1sccc1C(N)=O. The van der Waals surface area contributed by atoms with Crippen LogP contribution in [0.5, 0.6) is 0 Å². The topological polar surface area (TPSA) is 142 Å². The summed E-state index contributed by atoms with van der Waals surface area (Å²) in [5, 5.41) is 15.5. The Morgan fingerprint density at radius 3 is 2.66 bits per heavy atom. The average Bonchev–Trinajstić information content (AvgIpc) is 3.34. The summed E-state index contributed by atoms with van der Waals surface area (Å²) in [6.07, 6.45) is 1.55. The quantitative estimate of drug-likeness (QED) is 0.440. The Bertz CT molecular complexity index is 1070. The second kappa shape index (κ2) is 8.89. The lowest BCUT2D eigenvalue weighted by molar-refractivity contribution is -0.141. The Morgan fingerprint density at radius 1 is 1.24 bits per heavy atom. The predicted molar refractivity (Wildman–Crippen MR) is 106 cm³/mol. The molecule has 3 rings (SSSR count). The van der Waals surface area contributed by atoms with Gasteiger partial charge in [0, 0.05) is 0 Å². The summed E-state index contributed by atoms with van der Waals surface area (Å²) in [4.78, 5) is 36.1. The van der Waals surface area contributed by atoms with E-state index < -0.39 is 24.4 Å². The number of aryl methyl sites for hydroxylation is 1. The summed E-state index contributed by atoms with van der Waals surface area (Å²) in [5.74, 6) is -1.70. The fourth-order valence-corrected chi connectivity index (χ4v) is 3.14. The summed E-state index contributed by atoms with van der Waals surface area (Å²) in [7, 11) is 0. The maximum Gasteiger partial charge on any atom is 0.357 e. The largest absolute Gasteiger partial charge is 0.451 e. The van der Waals surface area contributed by atoms with Crippen LogP contribution in [0, 0.1) is 6.92 Å². The van der Waals surface area contributed by atoms with Gasteiger partial charge in [-0.05, 0) is 40.4 Å². The first-order valence-electron chi connectivity index (χ1n) is 8.32. The summed E-state index contributed by atoms with van der Waals surface area (Å²) in [6, 6.07) is 10.5. The molecule has 0 saturated heterocycles. The van der Waals surface area contributed by atoms with Crippen LogP contribution in [0.1, 0.15) is 21.7 Å². The molecule has 0 unspecified atom stereocenters. The third-order valence-electron chi connectivity index (χ3n) is 3.68. The number of amides is 2. The Hall–Kier alpha value is -3.86. The molecule has 0 spiro atoms. The average molecular weight is 412 g/mol. The maximum absolute atomic E-state index is 12.6. The number of ether oxygens (including phenoxy) is 1. The highest BCUT2D eigenvalue weighted by Gasteiger charge is 2.20. The van der Waals surface area contributed by atoms with Gasteiger partial charge in [0.05, 0.1) is 5.56 Å². The van der Waals surface area contributed by atoms with Gasteiger partial charge in [0.2, 0.25) is 0 Å². The number of aromatic nitrogens is 4. The van der Waals surface area contributed by atoms with E-state index in [2.05, 4.69) is 20.8 Å². The van der Waals surface area contributed by atoms with Crippen LogP contribution >= 0.6 is 11.3 Å². The number of esters is 1. The number of anilines is 1. The van der Waals surface area contributed by atoms with Crippen molar-refractivity contribution in [3.63, 3.8) is 0 Å². The van der Waals surface area contributed by atoms with Crippen molar-refractivity contribution >= 4 is 45.9 Å². The van der Waals surface area contributed by atoms with E-state index in [1.54, 1.807) is 30.5 Å². The molecular formula is C18H16N6O4S. The zero-order valence-electron chi connectivity index (χ0n) is 15.2. The van der Waals surface area contributed by atoms with Gasteiger partial charge in [0.1, 0.15) is 5.00 Å². The molecule has 0 aliphatic rings. The Balaban J connectivity index is 1.73. The molecule has 29 heavy (non-hydrogen) atoms. The van der Waals surface area contributed by atoms with Crippen LogP contribution in [0.4, 0.5) is 5.00 Å². The number of thiophene rings is 1. The number of rotatable bonds is 7. The van der Waals surface area contributed by atoms with E-state index in [0.29, 0.717) is 5.82 Å². The molecule has 11 heteroatoms. The van der Waals surface area contributed by atoms with Gasteiger partial charge >= 0.3 is 5.97 Å². The molecule has 10 nitrogen and oxygen atoms in total. The number of tetrazole rings is 1. The second-order valence-electron chi connectivity index (χ2n) is 5.73. The molecule has 2 amide bonds. The van der Waals surface area contributed by atoms with Gasteiger partial charge in [-0.3, -0.25) is 9.59 Å². The second-order valence-corrected chi connectivity index (χ2v) is 6.65. The number of carbonyl (C=O) groups is 3. The van der Waals surface area contributed by atoms with Crippen LogP contribution in [-0.4, -0.2) is 44.6 Å². The van der Waals surface area contributed by atoms with Crippen LogP contribution in [0.25, 0.3) is 11.8 Å². The molecule has 148 valence electrons. The van der Waals surface area contributed by atoms with Crippen LogP contribution < -0.4 is 11.1 Å². The highest BCUT2D eigenvalue weighted by atomic mass is 32.1. The normalized spacial score (nSPS) is 11.1. The first-order chi connectivity index (χ1) is 14.0. The van der Waals surface area contributed by atoms with Crippen molar-refractivity contribution < 1.29 is 19.1 Å². The first-order valence-corrected chi connectivity index (χ1v) is 9.20. The molecule has 0 bridgehead atoms. The molecule has 2 heterocycles. The fourth-order valence-electron chi connectivity index (χ4n) is 2.34. The van der Waals surface area contributed by atoms with Crippen molar-refractivity contribution in [1.29, 1.82) is 0 Å². The van der Waals surface area contributed by atoms with E-state index in [1.165, 1.54) is 10.7 Å². The minimum absolute atomic E-state index is 0.0421. The molecule has 0 aliphatic carbocycles. The van der Waals surface area contributed by atoms with Gasteiger partial charge < -0.3 is 15.8 Å². The summed E-state index contributed by atoms with van der Waals surface area (Å²) >= 11 is 1.13. The molecule has 0 radical (unpaired) electrons. The number of carbonyl (C=O) groups excluding carboxylic acids is 3. The van der Waals surface area contributed by atoms with Crippen molar-refractivity contribution in [1.82, 2.24) is 20.2 Å². The summed E-state index contributed by atoms with van der Waals surface area (Å²) in [5.41, 5.74) is 6.19. The number of hydrogen-bond acceptors (Lipinski definition) is 8. The standard InChI is InChI=1S/C18H16N6O4S/c1-11-21-22-23-24(11)14(9-12-5-3-2-4-6-12)18(27)28-10-15(25)20-17-13(16(19)26)7-8-29-17/h2-9H,10H2,1H3,(H2,19,26)(H,20,25)/b14-9-. The molecule has 0 aliphatic heterocycles. The molecule has 3 N–H and O–H groups in total. The van der Waals surface area contributed by atoms with Crippen molar-refractivity contribution in [2.24, 2.45) is 5.73 Å². The minimum Gasteiger partial charge on any atom is -0.451 e. The van der Waals surface area contributed by atoms with Gasteiger partial charge in [-0.2, -0.15) is 4.68 Å². The number of hydrogen-bond donors (Lipinski definition) is 2. The van der Waals surface area contributed by atoms with Crippen molar-refractivity contribution in [2.75, 3.05) is 11.9 Å². The molecule has 1 aromatic carbocycles. The molecule has 3 aromatic rings. The fraction of sp³-hybridized carbons (Fsp3) is 0.111. The zero-order valence-corrected chi connectivity index (χ0v) is 16.0. The van der Waals surface area contributed by atoms with Gasteiger partial charge in [0.15, 0.2) is 18.1 Å². The van der Waals surface area contributed by atoms with Gasteiger partial charge in [-0.15, -0.1) is 16.4 Å². The Labute approximate surface area is 169 Å². The van der Waals surface area contributed by atoms with E-state index >= 15 is 0 Å². The van der Waals surface area contributed by atoms with E-state index in [4.69, 9.17) is 10.5 Å². The number of nitrogens with zero attached hydrogens (tertiary/aromatic N) is 4. The molecule has 0 atom stereocenters. The van der Waals surface area contributed by atoms with Crippen LogP contribution in [-0.2, 0) is 14.3 Å². The Morgan fingerprint density at radius 2 is 2.00 bits per heavy atom. The lowest BCUT2D eigenvalue weighted by Gasteiger charge is -2.09. The van der Waals surface area contributed by atoms with E-state index in [1.807, 2.05) is 18.2 Å². The lowest BCUT2D eigenvalue weighted by Crippen LogP contribution is -2.24. The summed E-state index contributed by atoms with van der Waals surface area (Å²) < 4.78 is 6.34. The van der Waals surface area contributed by atoms with Gasteiger partial charge in [-0.25, -0.2) is 4.79 Å². The van der Waals surface area contributed by atoms with Crippen molar-refractivity contribution in [3.05, 3.63) is 58.7 Å². The number of benzene rings is 1. The summed E-state index contributed by atoms with van der Waals surface area (Å²) in [6.45, 7) is 1.06. The number of nitrogens with two attached hydrogens (primary N) is 1. The third kappa shape index (κ3) is 4.90. The predicted octanol–water partition coefficient (Wildman–Crippen LogP) is 1.32. The van der Waals surface area contributed by atoms with E-state index in [9.17, 15) is 14.4 Å². The van der Waals surface area contributed by atoms with E-state index in [0.717, 1.165) is 16.9 Å². The molecule has 0 saturated carbocycles. The first kappa shape index (κ1) is 19.9. The van der Waals surface area contributed by atoms with Crippen molar-refractivity contribution in [2.45, 2.75) is 6.92 Å². The zero-order chi connectivity index (χ0) is 20.8. The highest BCUT2D eigenvalue weighted by molar-refractivity contribution is 7.14. The van der Waals surface area contributed by atoms with Crippen molar-refractivity contribution in [3.8, 4) is 0 Å². The molecular weight excluding hydrogens is 396 g/mol. The molecule has 2 aromatic heterocycles. The minimum atomic E-state index is -0.791. The highest BCUT2D eigenvalue weighted by Crippen LogP contribution is 2.22. The van der Waals surface area contributed by atoms with Crippen LogP contribution in [0.3, 0.4) is 0 Å². The van der Waals surface area contributed by atoms with Gasteiger partial charge in [0.25, 0.3) is 11.8 Å². The smallest absolute Gasteiger partial charge is 0.357 e. The van der Waals surface area contributed by atoms with Crippen LogP contribution in [0.2, 0.25) is 0 Å². The maximum atomic E-state index is 12.6. The van der Waals surface area contributed by atoms with E-state index in [-0.39, 0.29) is 16.3 Å². The lowest BCUT2D eigenvalue weighted by atomic mass is 10.2. The molecule has 0 fully saturated rings.